The Balaban J connectivity index is 1.02. The highest BCUT2D eigenvalue weighted by atomic mass is 16.5. The van der Waals surface area contributed by atoms with Gasteiger partial charge in [0.25, 0.3) is 0 Å². The third-order valence-electron chi connectivity index (χ3n) is 8.89. The zero-order chi connectivity index (χ0) is 38.5. The fourth-order valence-corrected chi connectivity index (χ4v) is 5.75. The van der Waals surface area contributed by atoms with Crippen LogP contribution in [0, 0.1) is 0 Å². The molecule has 4 rings (SSSR count). The minimum Gasteiger partial charge on any atom is -0.494 e. The lowest BCUT2D eigenvalue weighted by Gasteiger charge is -2.21. The van der Waals surface area contributed by atoms with Crippen molar-refractivity contribution >= 4 is 11.9 Å². The van der Waals surface area contributed by atoms with E-state index in [1.54, 1.807) is 38.1 Å². The van der Waals surface area contributed by atoms with E-state index < -0.39 is 11.9 Å². The molecule has 0 bridgehead atoms. The molecule has 0 heterocycles. The lowest BCUT2D eigenvalue weighted by Crippen LogP contribution is -2.29. The molecule has 54 heavy (non-hydrogen) atoms. The molecule has 0 fully saturated rings. The molecule has 0 atom stereocenters. The van der Waals surface area contributed by atoms with E-state index in [4.69, 9.17) is 18.9 Å². The maximum Gasteiger partial charge on any atom is 0.338 e. The van der Waals surface area contributed by atoms with Crippen LogP contribution >= 0.6 is 0 Å². The molecule has 1 N–H and O–H groups in total. The van der Waals surface area contributed by atoms with E-state index in [0.29, 0.717) is 35.9 Å². The molecular formula is C46H55NO7. The Labute approximate surface area is 321 Å². The summed E-state index contributed by atoms with van der Waals surface area (Å²) in [6.07, 6.45) is 8.73. The second-order valence-corrected chi connectivity index (χ2v) is 13.5. The number of esters is 2. The van der Waals surface area contributed by atoms with Gasteiger partial charge in [-0.15, -0.1) is 0 Å². The van der Waals surface area contributed by atoms with Crippen LogP contribution in [0.5, 0.6) is 23.0 Å². The van der Waals surface area contributed by atoms with E-state index in [-0.39, 0.29) is 6.61 Å². The first-order chi connectivity index (χ1) is 26.2. The minimum absolute atomic E-state index is 0.186. The summed E-state index contributed by atoms with van der Waals surface area (Å²) in [4.78, 5) is 25.8. The lowest BCUT2D eigenvalue weighted by atomic mass is 10.1. The van der Waals surface area contributed by atoms with Gasteiger partial charge >= 0.3 is 11.9 Å². The molecule has 0 aliphatic heterocycles. The van der Waals surface area contributed by atoms with Crippen LogP contribution in [0.25, 0.3) is 22.3 Å². The molecule has 8 heteroatoms. The van der Waals surface area contributed by atoms with E-state index in [2.05, 4.69) is 18.1 Å². The maximum absolute atomic E-state index is 11.7. The highest BCUT2D eigenvalue weighted by Gasteiger charge is 2.08. The van der Waals surface area contributed by atoms with E-state index in [9.17, 15) is 14.7 Å². The number of ether oxygens (including phenoxy) is 4. The van der Waals surface area contributed by atoms with Crippen molar-refractivity contribution in [2.24, 2.45) is 0 Å². The van der Waals surface area contributed by atoms with Crippen molar-refractivity contribution in [2.45, 2.75) is 65.2 Å². The fourth-order valence-electron chi connectivity index (χ4n) is 5.75. The molecule has 4 aromatic carbocycles. The summed E-state index contributed by atoms with van der Waals surface area (Å²) in [6, 6.07) is 30.9. The zero-order valence-electron chi connectivity index (χ0n) is 31.9. The summed E-state index contributed by atoms with van der Waals surface area (Å²) in [5, 5.41) is 9.56. The normalized spacial score (nSPS) is 10.9. The molecule has 0 aliphatic carbocycles. The summed E-state index contributed by atoms with van der Waals surface area (Å²) in [5.74, 6) is 1.84. The Kier molecular flexibility index (Phi) is 17.5. The number of carbonyl (C=O) groups excluding carboxylic acids is 2. The van der Waals surface area contributed by atoms with Crippen molar-refractivity contribution < 1.29 is 33.6 Å². The van der Waals surface area contributed by atoms with Crippen molar-refractivity contribution in [1.82, 2.24) is 4.90 Å². The molecule has 286 valence electrons. The Morgan fingerprint density at radius 3 is 1.11 bits per heavy atom. The second kappa shape index (κ2) is 22.8. The molecule has 0 aliphatic rings. The lowest BCUT2D eigenvalue weighted by molar-refractivity contribution is -0.130. The van der Waals surface area contributed by atoms with Gasteiger partial charge < -0.3 is 29.0 Å². The molecule has 0 spiro atoms. The number of benzene rings is 4. The van der Waals surface area contributed by atoms with Gasteiger partial charge in [0.1, 0.15) is 23.0 Å². The highest BCUT2D eigenvalue weighted by Crippen LogP contribution is 2.27. The van der Waals surface area contributed by atoms with Crippen LogP contribution in [-0.4, -0.2) is 61.4 Å². The summed E-state index contributed by atoms with van der Waals surface area (Å²) >= 11 is 0. The number of aliphatic hydroxyl groups excluding tert-OH is 1. The van der Waals surface area contributed by atoms with Gasteiger partial charge in [0.15, 0.2) is 0 Å². The standard InChI is InChI=1S/C46H55NO7/c1-35(2)45(49)53-43-25-17-39(18-26-43)37-13-21-41(22-14-37)51-33-11-7-5-9-29-47(31-32-48)30-10-6-8-12-34-52-42-23-15-38(16-24-42)40-19-27-44(28-20-40)54-46(50)36(3)4/h13-28,48H,1,3,5-12,29-34H2,2,4H3. The number of hydrogen-bond acceptors (Lipinski definition) is 8. The first-order valence-corrected chi connectivity index (χ1v) is 19.0. The minimum atomic E-state index is -0.428. The van der Waals surface area contributed by atoms with Gasteiger partial charge in [-0.1, -0.05) is 87.4 Å². The molecule has 0 saturated heterocycles. The van der Waals surface area contributed by atoms with Crippen LogP contribution in [-0.2, 0) is 9.59 Å². The molecule has 4 aromatic rings. The molecule has 0 unspecified atom stereocenters. The number of carbonyl (C=O) groups is 2. The van der Waals surface area contributed by atoms with Crippen LogP contribution in [0.2, 0.25) is 0 Å². The van der Waals surface area contributed by atoms with Crippen molar-refractivity contribution in [3.8, 4) is 45.3 Å². The topological polar surface area (TPSA) is 94.5 Å². The Hall–Kier alpha value is -5.18. The quantitative estimate of drug-likeness (QED) is 0.0329. The number of nitrogens with zero attached hydrogens (tertiary/aromatic N) is 1. The number of unbranched alkanes of at least 4 members (excludes halogenated alkanes) is 6. The van der Waals surface area contributed by atoms with Crippen LogP contribution in [0.15, 0.2) is 121 Å². The SMILES string of the molecule is C=C(C)C(=O)Oc1ccc(-c2ccc(OCCCCCCN(CCO)CCCCCCOc3ccc(-c4ccc(OC(=O)C(=C)C)cc4)cc3)cc2)cc1. The first-order valence-electron chi connectivity index (χ1n) is 19.0. The Morgan fingerprint density at radius 1 is 0.481 bits per heavy atom. The van der Waals surface area contributed by atoms with E-state index in [1.165, 1.54) is 0 Å². The summed E-state index contributed by atoms with van der Waals surface area (Å²) in [5.41, 5.74) is 4.92. The third kappa shape index (κ3) is 14.7. The van der Waals surface area contributed by atoms with E-state index in [0.717, 1.165) is 105 Å². The monoisotopic (exact) mass is 733 g/mol. The number of rotatable bonds is 24. The van der Waals surface area contributed by atoms with Gasteiger partial charge in [0, 0.05) is 17.7 Å². The largest absolute Gasteiger partial charge is 0.494 e. The molecule has 0 amide bonds. The summed E-state index contributed by atoms with van der Waals surface area (Å²) in [7, 11) is 0. The van der Waals surface area contributed by atoms with Crippen molar-refractivity contribution in [1.29, 1.82) is 0 Å². The molecule has 0 aromatic heterocycles. The second-order valence-electron chi connectivity index (χ2n) is 13.5. The van der Waals surface area contributed by atoms with Crippen LogP contribution < -0.4 is 18.9 Å². The smallest absolute Gasteiger partial charge is 0.338 e. The van der Waals surface area contributed by atoms with Gasteiger partial charge in [-0.25, -0.2) is 9.59 Å². The Morgan fingerprint density at radius 2 is 0.796 bits per heavy atom. The predicted molar refractivity (Wildman–Crippen MR) is 216 cm³/mol. The van der Waals surface area contributed by atoms with Gasteiger partial charge in [0.2, 0.25) is 0 Å². The zero-order valence-corrected chi connectivity index (χ0v) is 31.9. The Bertz CT molecular complexity index is 1620. The number of hydrogen-bond donors (Lipinski definition) is 1. The predicted octanol–water partition coefficient (Wildman–Crippen LogP) is 9.86. The van der Waals surface area contributed by atoms with Crippen molar-refractivity contribution in [3.63, 3.8) is 0 Å². The highest BCUT2D eigenvalue weighted by molar-refractivity contribution is 5.89. The average molecular weight is 734 g/mol. The van der Waals surface area contributed by atoms with Gasteiger partial charge in [-0.3, -0.25) is 0 Å². The molecule has 8 nitrogen and oxygen atoms in total. The summed E-state index contributed by atoms with van der Waals surface area (Å²) in [6.45, 7) is 14.8. The summed E-state index contributed by atoms with van der Waals surface area (Å²) < 4.78 is 22.5. The molecular weight excluding hydrogens is 679 g/mol. The first kappa shape index (κ1) is 41.6. The molecule has 0 saturated carbocycles. The van der Waals surface area contributed by atoms with Crippen molar-refractivity contribution in [2.75, 3.05) is 39.5 Å². The van der Waals surface area contributed by atoms with Gasteiger partial charge in [0.05, 0.1) is 19.8 Å². The van der Waals surface area contributed by atoms with E-state index >= 15 is 0 Å². The third-order valence-corrected chi connectivity index (χ3v) is 8.89. The van der Waals surface area contributed by atoms with Crippen LogP contribution in [0.4, 0.5) is 0 Å². The fraction of sp³-hybridized carbons (Fsp3) is 0.348. The average Bonchev–Trinajstić information content (AvgIpc) is 3.18. The van der Waals surface area contributed by atoms with Crippen LogP contribution in [0.3, 0.4) is 0 Å². The number of aliphatic hydroxyl groups is 1. The van der Waals surface area contributed by atoms with E-state index in [1.807, 2.05) is 72.8 Å². The van der Waals surface area contributed by atoms with Gasteiger partial charge in [-0.05, 0) is 123 Å². The molecule has 0 radical (unpaired) electrons. The van der Waals surface area contributed by atoms with Gasteiger partial charge in [-0.2, -0.15) is 0 Å². The van der Waals surface area contributed by atoms with Crippen molar-refractivity contribution in [3.05, 3.63) is 121 Å². The maximum atomic E-state index is 11.7. The van der Waals surface area contributed by atoms with Crippen LogP contribution in [0.1, 0.15) is 65.2 Å².